The van der Waals surface area contributed by atoms with Crippen LogP contribution >= 0.6 is 59.4 Å². The molecule has 1 N–H and O–H groups in total. The largest absolute Gasteiger partial charge is 0.379 e. The summed E-state index contributed by atoms with van der Waals surface area (Å²) in [4.78, 5) is 0. The quantitative estimate of drug-likeness (QED) is 0.547. The minimum absolute atomic E-state index is 0.334. The van der Waals surface area contributed by atoms with Gasteiger partial charge in [-0.2, -0.15) is 0 Å². The molecule has 0 atom stereocenters. The molecule has 0 fully saturated rings. The van der Waals surface area contributed by atoms with Crippen LogP contribution in [0.3, 0.4) is 0 Å². The zero-order valence-corrected chi connectivity index (χ0v) is 15.0. The smallest absolute Gasteiger partial charge is 0.124 e. The van der Waals surface area contributed by atoms with E-state index in [0.717, 1.165) is 24.7 Å². The van der Waals surface area contributed by atoms with Gasteiger partial charge < -0.3 is 5.32 Å². The molecule has 0 saturated heterocycles. The fourth-order valence-electron chi connectivity index (χ4n) is 1.56. The van der Waals surface area contributed by atoms with Gasteiger partial charge in [-0.05, 0) is 61.7 Å². The van der Waals surface area contributed by atoms with E-state index in [9.17, 15) is 4.39 Å². The maximum absolute atomic E-state index is 13.0. The Hall–Kier alpha value is -0.100. The van der Waals surface area contributed by atoms with Gasteiger partial charge in [-0.15, -0.1) is 0 Å². The van der Waals surface area contributed by atoms with Crippen LogP contribution in [0.4, 0.5) is 10.1 Å². The summed E-state index contributed by atoms with van der Waals surface area (Å²) in [5.41, 5.74) is 1.76. The van der Waals surface area contributed by atoms with Gasteiger partial charge in [-0.1, -0.05) is 33.6 Å². The van der Waals surface area contributed by atoms with E-state index in [2.05, 4.69) is 53.1 Å². The third-order valence-corrected chi connectivity index (χ3v) is 4.54. The Balaban J connectivity index is 2.19. The van der Waals surface area contributed by atoms with Crippen molar-refractivity contribution in [1.82, 2.24) is 0 Å². The first-order valence-electron chi connectivity index (χ1n) is 5.29. The average molecular weight is 472 g/mol. The summed E-state index contributed by atoms with van der Waals surface area (Å²) < 4.78 is 15.8. The summed E-state index contributed by atoms with van der Waals surface area (Å²) in [5.74, 6) is -0.334. The summed E-state index contributed by atoms with van der Waals surface area (Å²) in [6, 6.07) is 8.27. The molecule has 0 spiro atoms. The van der Waals surface area contributed by atoms with Crippen molar-refractivity contribution in [2.45, 2.75) is 6.54 Å². The Morgan fingerprint density at radius 3 is 2.26 bits per heavy atom. The normalized spacial score (nSPS) is 10.6. The van der Waals surface area contributed by atoms with Gasteiger partial charge in [-0.25, -0.2) is 4.39 Å². The molecule has 0 heterocycles. The Kier molecular flexibility index (Phi) is 5.29. The maximum atomic E-state index is 13.0. The molecule has 1 nitrogen and oxygen atoms in total. The Morgan fingerprint density at radius 2 is 1.68 bits per heavy atom. The van der Waals surface area contributed by atoms with Gasteiger partial charge in [-0.3, -0.25) is 0 Å². The van der Waals surface area contributed by atoms with Crippen molar-refractivity contribution < 1.29 is 4.39 Å². The predicted octanol–water partition coefficient (Wildman–Crippen LogP) is 6.38. The van der Waals surface area contributed by atoms with Crippen molar-refractivity contribution in [3.63, 3.8) is 0 Å². The number of halogens is 5. The molecule has 2 aromatic rings. The molecule has 19 heavy (non-hydrogen) atoms. The third kappa shape index (κ3) is 3.94. The van der Waals surface area contributed by atoms with Gasteiger partial charge in [0.15, 0.2) is 0 Å². The highest BCUT2D eigenvalue weighted by atomic mass is 79.9. The zero-order valence-electron chi connectivity index (χ0n) is 9.48. The lowest BCUT2D eigenvalue weighted by molar-refractivity contribution is 0.627. The summed E-state index contributed by atoms with van der Waals surface area (Å²) in [6.07, 6.45) is 0. The summed E-state index contributed by atoms with van der Waals surface area (Å²) in [7, 11) is 0. The fraction of sp³-hybridized carbons (Fsp3) is 0.0769. The number of hydrogen-bond acceptors (Lipinski definition) is 1. The Labute approximate surface area is 140 Å². The second kappa shape index (κ2) is 6.57. The molecule has 100 valence electrons. The minimum atomic E-state index is -0.334. The molecule has 0 aliphatic heterocycles. The predicted molar refractivity (Wildman–Crippen MR) is 88.3 cm³/mol. The van der Waals surface area contributed by atoms with E-state index in [1.54, 1.807) is 6.07 Å². The van der Waals surface area contributed by atoms with E-state index in [1.165, 1.54) is 12.1 Å². The maximum Gasteiger partial charge on any atom is 0.124 e. The molecule has 0 saturated carbocycles. The van der Waals surface area contributed by atoms with Crippen LogP contribution in [0.25, 0.3) is 0 Å². The van der Waals surface area contributed by atoms with Crippen LogP contribution in [0.15, 0.2) is 43.7 Å². The summed E-state index contributed by atoms with van der Waals surface area (Å²) in [5, 5.41) is 3.68. The molecule has 0 unspecified atom stereocenters. The van der Waals surface area contributed by atoms with Crippen molar-refractivity contribution in [2.75, 3.05) is 5.32 Å². The van der Waals surface area contributed by atoms with E-state index in [0.29, 0.717) is 11.6 Å². The molecular weight excluding hydrogens is 464 g/mol. The van der Waals surface area contributed by atoms with E-state index in [4.69, 9.17) is 11.6 Å². The average Bonchev–Trinajstić information content (AvgIpc) is 2.30. The summed E-state index contributed by atoms with van der Waals surface area (Å²) >= 11 is 16.4. The standard InChI is InChI=1S/C13H8Br3ClFN/c14-8-3-10(15)13(11(16)4-8)19-6-7-1-2-9(18)5-12(7)17/h1-5,19H,6H2. The Morgan fingerprint density at radius 1 is 1.05 bits per heavy atom. The molecule has 0 amide bonds. The molecule has 0 bridgehead atoms. The number of hydrogen-bond donors (Lipinski definition) is 1. The van der Waals surface area contributed by atoms with E-state index in [-0.39, 0.29) is 5.82 Å². The highest BCUT2D eigenvalue weighted by molar-refractivity contribution is 9.11. The highest BCUT2D eigenvalue weighted by Gasteiger charge is 2.08. The van der Waals surface area contributed by atoms with Gasteiger partial charge in [0.05, 0.1) is 5.69 Å². The first-order chi connectivity index (χ1) is 8.97. The van der Waals surface area contributed by atoms with Crippen LogP contribution in [-0.2, 0) is 6.54 Å². The second-order valence-corrected chi connectivity index (χ2v) is 6.87. The van der Waals surface area contributed by atoms with E-state index >= 15 is 0 Å². The fourth-order valence-corrected chi connectivity index (χ4v) is 4.33. The van der Waals surface area contributed by atoms with E-state index in [1.807, 2.05) is 12.1 Å². The molecule has 0 radical (unpaired) electrons. The van der Waals surface area contributed by atoms with E-state index < -0.39 is 0 Å². The van der Waals surface area contributed by atoms with Crippen molar-refractivity contribution in [3.05, 3.63) is 60.2 Å². The molecule has 0 aliphatic carbocycles. The van der Waals surface area contributed by atoms with Gasteiger partial charge >= 0.3 is 0 Å². The number of anilines is 1. The molecule has 6 heteroatoms. The van der Waals surface area contributed by atoms with Crippen molar-refractivity contribution in [3.8, 4) is 0 Å². The van der Waals surface area contributed by atoms with Crippen molar-refractivity contribution in [1.29, 1.82) is 0 Å². The van der Waals surface area contributed by atoms with Crippen LogP contribution in [0, 0.1) is 5.82 Å². The van der Waals surface area contributed by atoms with Crippen LogP contribution in [0.5, 0.6) is 0 Å². The Bertz CT molecular complexity index is 596. The van der Waals surface area contributed by atoms with Crippen LogP contribution in [0.2, 0.25) is 5.02 Å². The minimum Gasteiger partial charge on any atom is -0.379 e. The number of nitrogens with one attached hydrogen (secondary N) is 1. The highest BCUT2D eigenvalue weighted by Crippen LogP contribution is 2.34. The molecular formula is C13H8Br3ClFN. The van der Waals surface area contributed by atoms with Crippen molar-refractivity contribution >= 4 is 65.1 Å². The first kappa shape index (κ1) is 15.3. The zero-order chi connectivity index (χ0) is 14.0. The van der Waals surface area contributed by atoms with Gasteiger partial charge in [0.25, 0.3) is 0 Å². The molecule has 0 aliphatic rings. The molecule has 2 aromatic carbocycles. The number of benzene rings is 2. The lowest BCUT2D eigenvalue weighted by Gasteiger charge is -2.12. The van der Waals surface area contributed by atoms with Gasteiger partial charge in [0.1, 0.15) is 5.82 Å². The first-order valence-corrected chi connectivity index (χ1v) is 8.05. The van der Waals surface area contributed by atoms with Gasteiger partial charge in [0.2, 0.25) is 0 Å². The van der Waals surface area contributed by atoms with Crippen molar-refractivity contribution in [2.24, 2.45) is 0 Å². The molecule has 0 aromatic heterocycles. The monoisotopic (exact) mass is 469 g/mol. The lowest BCUT2D eigenvalue weighted by atomic mass is 10.2. The third-order valence-electron chi connectivity index (χ3n) is 2.48. The number of rotatable bonds is 3. The lowest BCUT2D eigenvalue weighted by Crippen LogP contribution is -2.02. The second-order valence-electron chi connectivity index (χ2n) is 3.83. The van der Waals surface area contributed by atoms with Crippen LogP contribution in [-0.4, -0.2) is 0 Å². The molecule has 2 rings (SSSR count). The summed E-state index contributed by atoms with van der Waals surface area (Å²) in [6.45, 7) is 0.512. The van der Waals surface area contributed by atoms with Gasteiger partial charge in [0, 0.05) is 25.0 Å². The van der Waals surface area contributed by atoms with Crippen LogP contribution in [0.1, 0.15) is 5.56 Å². The topological polar surface area (TPSA) is 12.0 Å². The SMILES string of the molecule is Fc1ccc(CNc2c(Br)cc(Br)cc2Br)c(Cl)c1. The van der Waals surface area contributed by atoms with Crippen LogP contribution < -0.4 is 5.32 Å².